The molecular formula is C40H34BN2O4. The van der Waals surface area contributed by atoms with Crippen molar-refractivity contribution in [3.63, 3.8) is 0 Å². The normalized spacial score (nSPS) is 12.4. The Labute approximate surface area is 275 Å². The quantitative estimate of drug-likeness (QED) is 0.172. The Hall–Kier alpha value is -5.24. The van der Waals surface area contributed by atoms with Gasteiger partial charge in [0.1, 0.15) is 0 Å². The van der Waals surface area contributed by atoms with Gasteiger partial charge in [0, 0.05) is 29.1 Å². The average molecular weight is 618 g/mol. The van der Waals surface area contributed by atoms with Gasteiger partial charge in [-0.3, -0.25) is 9.97 Å². The van der Waals surface area contributed by atoms with Gasteiger partial charge in [0.2, 0.25) is 0 Å². The number of benzene rings is 4. The van der Waals surface area contributed by atoms with E-state index in [1.54, 1.807) is 21.3 Å². The molecule has 2 aromatic heterocycles. The zero-order chi connectivity index (χ0) is 32.6. The van der Waals surface area contributed by atoms with E-state index in [1.807, 2.05) is 99.0 Å². The van der Waals surface area contributed by atoms with Crippen LogP contribution in [0.3, 0.4) is 0 Å². The fourth-order valence-electron chi connectivity index (χ4n) is 5.30. The van der Waals surface area contributed by atoms with Gasteiger partial charge < -0.3 is 19.2 Å². The van der Waals surface area contributed by atoms with Crippen LogP contribution in [0.1, 0.15) is 27.7 Å². The number of hydrogen-bond donors (Lipinski definition) is 1. The van der Waals surface area contributed by atoms with E-state index in [2.05, 4.69) is 52.4 Å². The van der Waals surface area contributed by atoms with Crippen LogP contribution in [0.4, 0.5) is 0 Å². The van der Waals surface area contributed by atoms with Crippen LogP contribution in [0.2, 0.25) is 0 Å². The number of ether oxygens (including phenoxy) is 2. The van der Waals surface area contributed by atoms with Crippen LogP contribution in [0.25, 0.3) is 44.8 Å². The molecule has 231 valence electrons. The summed E-state index contributed by atoms with van der Waals surface area (Å²) in [6, 6.07) is 38.3. The molecule has 0 amide bonds. The molecule has 0 spiro atoms. The Kier molecular flexibility index (Phi) is 7.88. The first kappa shape index (κ1) is 30.4. The molecule has 4 aromatic carbocycles. The molecule has 0 saturated heterocycles. The Bertz CT molecular complexity index is 1980. The third kappa shape index (κ3) is 6.15. The second-order valence-corrected chi connectivity index (χ2v) is 12.6. The summed E-state index contributed by atoms with van der Waals surface area (Å²) in [5, 5.41) is 10.6. The van der Waals surface area contributed by atoms with Gasteiger partial charge in [0.05, 0.1) is 22.6 Å². The summed E-state index contributed by atoms with van der Waals surface area (Å²) in [5.74, 6) is 2.42. The van der Waals surface area contributed by atoms with Gasteiger partial charge in [0.15, 0.2) is 23.0 Å². The van der Waals surface area contributed by atoms with Crippen molar-refractivity contribution in [1.29, 1.82) is 0 Å². The number of para-hydroxylation sites is 2. The lowest BCUT2D eigenvalue weighted by atomic mass is 9.81. The molecule has 0 saturated carbocycles. The summed E-state index contributed by atoms with van der Waals surface area (Å²) in [6.45, 7) is 7.16. The van der Waals surface area contributed by atoms with Crippen LogP contribution >= 0.6 is 0 Å². The van der Waals surface area contributed by atoms with Gasteiger partial charge in [-0.05, 0) is 104 Å². The molecule has 7 heteroatoms. The van der Waals surface area contributed by atoms with Crippen molar-refractivity contribution in [1.82, 2.24) is 9.97 Å². The zero-order valence-electron chi connectivity index (χ0n) is 26.8. The van der Waals surface area contributed by atoms with Crippen molar-refractivity contribution in [2.45, 2.75) is 38.9 Å². The predicted octanol–water partition coefficient (Wildman–Crippen LogP) is 8.85. The maximum atomic E-state index is 10.6. The Morgan fingerprint density at radius 3 is 1.66 bits per heavy atom. The number of rotatable bonds is 8. The highest BCUT2D eigenvalue weighted by Crippen LogP contribution is 2.49. The van der Waals surface area contributed by atoms with Crippen LogP contribution in [0.5, 0.6) is 23.0 Å². The maximum Gasteiger partial charge on any atom is 0.334 e. The van der Waals surface area contributed by atoms with Crippen molar-refractivity contribution in [3.05, 3.63) is 128 Å². The number of hydrogen-bond acceptors (Lipinski definition) is 6. The number of aliphatic hydroxyl groups is 1. The van der Waals surface area contributed by atoms with Crippen LogP contribution in [0, 0.1) is 0 Å². The summed E-state index contributed by atoms with van der Waals surface area (Å²) >= 11 is 0. The SMILES string of the molecule is CC(C)(O)C(C)(C)O[B]c1ccc(-c2ccc(-c3cc(-c4ccccn4)cc(-c4ccccn4)c3)cc2)c2c1Oc1ccccc1O2. The Morgan fingerprint density at radius 1 is 0.574 bits per heavy atom. The average Bonchev–Trinajstić information content (AvgIpc) is 3.10. The number of aromatic nitrogens is 2. The van der Waals surface area contributed by atoms with E-state index in [0.717, 1.165) is 44.8 Å². The summed E-state index contributed by atoms with van der Waals surface area (Å²) in [6.07, 6.45) is 3.62. The molecule has 3 heterocycles. The highest BCUT2D eigenvalue weighted by molar-refractivity contribution is 6.49. The summed E-state index contributed by atoms with van der Waals surface area (Å²) in [7, 11) is 1.63. The van der Waals surface area contributed by atoms with Crippen molar-refractivity contribution in [3.8, 4) is 67.8 Å². The number of nitrogens with zero attached hydrogens (tertiary/aromatic N) is 2. The lowest BCUT2D eigenvalue weighted by Gasteiger charge is -2.37. The summed E-state index contributed by atoms with van der Waals surface area (Å²) in [5.41, 5.74) is 6.63. The van der Waals surface area contributed by atoms with Crippen molar-refractivity contribution in [2.24, 2.45) is 0 Å². The fourth-order valence-corrected chi connectivity index (χ4v) is 5.30. The first-order valence-corrected chi connectivity index (χ1v) is 15.6. The van der Waals surface area contributed by atoms with Gasteiger partial charge in [-0.2, -0.15) is 0 Å². The molecule has 0 aliphatic carbocycles. The van der Waals surface area contributed by atoms with E-state index >= 15 is 0 Å². The first-order valence-electron chi connectivity index (χ1n) is 15.6. The van der Waals surface area contributed by atoms with E-state index in [-0.39, 0.29) is 0 Å². The third-order valence-corrected chi connectivity index (χ3v) is 8.75. The van der Waals surface area contributed by atoms with Crippen molar-refractivity contribution < 1.29 is 19.2 Å². The molecule has 6 nitrogen and oxygen atoms in total. The van der Waals surface area contributed by atoms with Gasteiger partial charge in [-0.25, -0.2) is 0 Å². The van der Waals surface area contributed by atoms with Crippen LogP contribution in [-0.4, -0.2) is 33.8 Å². The molecule has 0 fully saturated rings. The zero-order valence-corrected chi connectivity index (χ0v) is 26.8. The molecule has 0 bridgehead atoms. The van der Waals surface area contributed by atoms with Gasteiger partial charge in [0.25, 0.3) is 0 Å². The minimum atomic E-state index is -1.06. The molecule has 0 unspecified atom stereocenters. The highest BCUT2D eigenvalue weighted by Gasteiger charge is 2.36. The minimum Gasteiger partial charge on any atom is -0.450 e. The largest absolute Gasteiger partial charge is 0.450 e. The summed E-state index contributed by atoms with van der Waals surface area (Å²) < 4.78 is 19.0. The van der Waals surface area contributed by atoms with E-state index < -0.39 is 11.2 Å². The fraction of sp³-hybridized carbons (Fsp3) is 0.150. The second-order valence-electron chi connectivity index (χ2n) is 12.6. The van der Waals surface area contributed by atoms with Gasteiger partial charge >= 0.3 is 7.48 Å². The van der Waals surface area contributed by atoms with Crippen molar-refractivity contribution in [2.75, 3.05) is 0 Å². The predicted molar refractivity (Wildman–Crippen MR) is 187 cm³/mol. The Morgan fingerprint density at radius 2 is 1.11 bits per heavy atom. The third-order valence-electron chi connectivity index (χ3n) is 8.75. The van der Waals surface area contributed by atoms with Crippen LogP contribution < -0.4 is 14.9 Å². The van der Waals surface area contributed by atoms with Crippen molar-refractivity contribution >= 4 is 12.9 Å². The lowest BCUT2D eigenvalue weighted by molar-refractivity contribution is -0.0893. The summed E-state index contributed by atoms with van der Waals surface area (Å²) in [4.78, 5) is 9.21. The molecule has 47 heavy (non-hydrogen) atoms. The topological polar surface area (TPSA) is 73.7 Å². The smallest absolute Gasteiger partial charge is 0.334 e. The van der Waals surface area contributed by atoms with Gasteiger partial charge in [-0.15, -0.1) is 0 Å². The van der Waals surface area contributed by atoms with Crippen LogP contribution in [-0.2, 0) is 4.65 Å². The minimum absolute atomic E-state index is 0.555. The molecular weight excluding hydrogens is 583 g/mol. The lowest BCUT2D eigenvalue weighted by Crippen LogP contribution is -2.49. The Balaban J connectivity index is 1.26. The second kappa shape index (κ2) is 12.2. The molecule has 1 aliphatic rings. The van der Waals surface area contributed by atoms with E-state index in [1.165, 1.54) is 0 Å². The molecule has 6 aromatic rings. The highest BCUT2D eigenvalue weighted by atomic mass is 16.6. The molecule has 1 N–H and O–H groups in total. The van der Waals surface area contributed by atoms with E-state index in [0.29, 0.717) is 28.5 Å². The van der Waals surface area contributed by atoms with Crippen LogP contribution in [0.15, 0.2) is 128 Å². The molecule has 1 radical (unpaired) electrons. The molecule has 7 rings (SSSR count). The van der Waals surface area contributed by atoms with Gasteiger partial charge in [-0.1, -0.05) is 60.7 Å². The monoisotopic (exact) mass is 617 g/mol. The first-order chi connectivity index (χ1) is 22.7. The number of fused-ring (bicyclic) bond motifs is 2. The standard InChI is InChI=1S/C40H34BN2O4/c1-39(2,44)40(3,4)47-41-32-20-19-31(37-38(32)46-36-14-6-5-13-35(36)45-37)27-17-15-26(16-18-27)28-23-29(33-11-7-9-21-42-33)25-30(24-28)34-12-8-10-22-43-34/h5-25,44H,1-4H3. The number of pyridine rings is 2. The molecule has 0 atom stereocenters. The van der Waals surface area contributed by atoms with E-state index in [4.69, 9.17) is 14.1 Å². The van der Waals surface area contributed by atoms with E-state index in [9.17, 15) is 5.11 Å². The molecule has 1 aliphatic heterocycles. The maximum absolute atomic E-state index is 10.6.